The Morgan fingerprint density at radius 1 is 1.36 bits per heavy atom. The van der Waals surface area contributed by atoms with Crippen molar-refractivity contribution in [3.63, 3.8) is 0 Å². The van der Waals surface area contributed by atoms with E-state index >= 15 is 0 Å². The number of allylic oxidation sites excluding steroid dienone is 1. The molecule has 0 aromatic heterocycles. The van der Waals surface area contributed by atoms with Gasteiger partial charge in [-0.05, 0) is 25.0 Å². The predicted molar refractivity (Wildman–Crippen MR) is 53.8 cm³/mol. The molecule has 1 rings (SSSR count). The summed E-state index contributed by atoms with van der Waals surface area (Å²) in [6.45, 7) is 4.09. The number of thiol groups is 1. The van der Waals surface area contributed by atoms with E-state index < -0.39 is 0 Å². The van der Waals surface area contributed by atoms with Crippen LogP contribution in [0.15, 0.2) is 30.3 Å². The zero-order chi connectivity index (χ0) is 8.27. The number of aryl methyl sites for hydroxylation is 1. The normalized spacial score (nSPS) is 11.7. The van der Waals surface area contributed by atoms with Crippen LogP contribution in [0.25, 0.3) is 4.91 Å². The molecular formula is C10H12S. The lowest BCUT2D eigenvalue weighted by Gasteiger charge is -2.02. The van der Waals surface area contributed by atoms with Crippen LogP contribution in [0.2, 0.25) is 0 Å². The van der Waals surface area contributed by atoms with Gasteiger partial charge in [0, 0.05) is 4.91 Å². The maximum atomic E-state index is 4.35. The minimum absolute atomic E-state index is 1.04. The topological polar surface area (TPSA) is 0 Å². The zero-order valence-corrected chi connectivity index (χ0v) is 7.73. The molecule has 0 fully saturated rings. The number of benzene rings is 1. The third kappa shape index (κ3) is 1.87. The Hall–Kier alpha value is -0.690. The molecule has 1 heteroatoms. The maximum absolute atomic E-state index is 4.35. The Morgan fingerprint density at radius 3 is 2.55 bits per heavy atom. The van der Waals surface area contributed by atoms with Crippen LogP contribution in [0.4, 0.5) is 0 Å². The highest BCUT2D eigenvalue weighted by atomic mass is 32.1. The van der Waals surface area contributed by atoms with Crippen molar-refractivity contribution in [1.29, 1.82) is 0 Å². The smallest absolute Gasteiger partial charge is 0.00724 e. The van der Waals surface area contributed by atoms with Crippen molar-refractivity contribution in [2.45, 2.75) is 13.8 Å². The molecule has 11 heavy (non-hydrogen) atoms. The summed E-state index contributed by atoms with van der Waals surface area (Å²) in [7, 11) is 0. The molecule has 0 aliphatic rings. The van der Waals surface area contributed by atoms with Crippen LogP contribution in [-0.4, -0.2) is 0 Å². The van der Waals surface area contributed by atoms with Crippen molar-refractivity contribution in [3.8, 4) is 0 Å². The molecule has 0 aliphatic heterocycles. The van der Waals surface area contributed by atoms with Crippen LogP contribution in [-0.2, 0) is 0 Å². The minimum Gasteiger partial charge on any atom is -0.143 e. The van der Waals surface area contributed by atoms with E-state index in [9.17, 15) is 0 Å². The number of hydrogen-bond donors (Lipinski definition) is 1. The Bertz CT molecular complexity index is 274. The molecule has 0 saturated carbocycles. The molecule has 0 radical (unpaired) electrons. The van der Waals surface area contributed by atoms with Crippen molar-refractivity contribution < 1.29 is 0 Å². The second-order valence-corrected chi connectivity index (χ2v) is 2.97. The van der Waals surface area contributed by atoms with Gasteiger partial charge >= 0.3 is 0 Å². The zero-order valence-electron chi connectivity index (χ0n) is 6.83. The second kappa shape index (κ2) is 3.63. The van der Waals surface area contributed by atoms with Gasteiger partial charge in [0.15, 0.2) is 0 Å². The van der Waals surface area contributed by atoms with Gasteiger partial charge < -0.3 is 0 Å². The van der Waals surface area contributed by atoms with E-state index in [2.05, 4.69) is 31.7 Å². The van der Waals surface area contributed by atoms with Gasteiger partial charge in [-0.3, -0.25) is 0 Å². The average molecular weight is 164 g/mol. The predicted octanol–water partition coefficient (Wildman–Crippen LogP) is 3.29. The number of hydrogen-bond acceptors (Lipinski definition) is 1. The summed E-state index contributed by atoms with van der Waals surface area (Å²) in [5, 5.41) is 0. The Kier molecular flexibility index (Phi) is 2.77. The fourth-order valence-electron chi connectivity index (χ4n) is 1.02. The summed E-state index contributed by atoms with van der Waals surface area (Å²) >= 11 is 4.35. The average Bonchev–Trinajstić information content (AvgIpc) is 2.04. The van der Waals surface area contributed by atoms with Gasteiger partial charge in [-0.2, -0.15) is 0 Å². The van der Waals surface area contributed by atoms with E-state index in [1.165, 1.54) is 11.1 Å². The molecular weight excluding hydrogens is 152 g/mol. The van der Waals surface area contributed by atoms with Crippen molar-refractivity contribution in [1.82, 2.24) is 0 Å². The fourth-order valence-corrected chi connectivity index (χ4v) is 1.27. The highest BCUT2D eigenvalue weighted by Crippen LogP contribution is 2.20. The molecule has 0 heterocycles. The van der Waals surface area contributed by atoms with Crippen LogP contribution in [0.5, 0.6) is 0 Å². The third-order valence-electron chi connectivity index (χ3n) is 1.69. The monoisotopic (exact) mass is 164 g/mol. The van der Waals surface area contributed by atoms with E-state index in [4.69, 9.17) is 0 Å². The van der Waals surface area contributed by atoms with Crippen molar-refractivity contribution in [3.05, 3.63) is 41.5 Å². The van der Waals surface area contributed by atoms with Crippen LogP contribution >= 0.6 is 12.6 Å². The van der Waals surface area contributed by atoms with Crippen LogP contribution in [0, 0.1) is 6.92 Å². The van der Waals surface area contributed by atoms with Gasteiger partial charge in [0.25, 0.3) is 0 Å². The van der Waals surface area contributed by atoms with Gasteiger partial charge in [0.1, 0.15) is 0 Å². The lowest BCUT2D eigenvalue weighted by Crippen LogP contribution is -1.81. The highest BCUT2D eigenvalue weighted by Gasteiger charge is 1.96. The van der Waals surface area contributed by atoms with Crippen LogP contribution in [0.1, 0.15) is 18.1 Å². The lowest BCUT2D eigenvalue weighted by atomic mass is 10.1. The molecule has 0 aliphatic carbocycles. The summed E-state index contributed by atoms with van der Waals surface area (Å²) in [5.41, 5.74) is 2.49. The summed E-state index contributed by atoms with van der Waals surface area (Å²) in [4.78, 5) is 1.04. The van der Waals surface area contributed by atoms with E-state index in [-0.39, 0.29) is 0 Å². The summed E-state index contributed by atoms with van der Waals surface area (Å²) in [6, 6.07) is 8.24. The van der Waals surface area contributed by atoms with Gasteiger partial charge in [-0.15, -0.1) is 12.6 Å². The van der Waals surface area contributed by atoms with E-state index in [1.54, 1.807) is 0 Å². The van der Waals surface area contributed by atoms with Crippen LogP contribution < -0.4 is 0 Å². The van der Waals surface area contributed by atoms with E-state index in [1.807, 2.05) is 25.1 Å². The van der Waals surface area contributed by atoms with Gasteiger partial charge in [-0.1, -0.05) is 30.3 Å². The van der Waals surface area contributed by atoms with Crippen molar-refractivity contribution in [2.75, 3.05) is 0 Å². The first-order valence-corrected chi connectivity index (χ1v) is 4.11. The molecule has 0 unspecified atom stereocenters. The van der Waals surface area contributed by atoms with Gasteiger partial charge in [0.05, 0.1) is 0 Å². The quantitative estimate of drug-likeness (QED) is 0.605. The van der Waals surface area contributed by atoms with Gasteiger partial charge in [0.2, 0.25) is 0 Å². The first kappa shape index (κ1) is 8.41. The van der Waals surface area contributed by atoms with Crippen molar-refractivity contribution >= 4 is 17.5 Å². The summed E-state index contributed by atoms with van der Waals surface area (Å²) in [5.74, 6) is 0. The fraction of sp³-hybridized carbons (Fsp3) is 0.200. The van der Waals surface area contributed by atoms with Crippen LogP contribution in [0.3, 0.4) is 0 Å². The van der Waals surface area contributed by atoms with Crippen molar-refractivity contribution in [2.24, 2.45) is 0 Å². The standard InChI is InChI=1S/C10H12S/c1-3-10(11)9-7-5-4-6-8(9)2/h3-7,11H,1-2H3/b10-3+. The molecule has 0 atom stereocenters. The summed E-state index contributed by atoms with van der Waals surface area (Å²) < 4.78 is 0. The molecule has 58 valence electrons. The third-order valence-corrected chi connectivity index (χ3v) is 2.19. The minimum atomic E-state index is 1.04. The largest absolute Gasteiger partial charge is 0.143 e. The Labute approximate surface area is 73.4 Å². The molecule has 1 aromatic carbocycles. The Morgan fingerprint density at radius 2 is 2.00 bits per heavy atom. The molecule has 0 N–H and O–H groups in total. The number of rotatable bonds is 1. The summed E-state index contributed by atoms with van der Waals surface area (Å²) in [6.07, 6.45) is 2.01. The molecule has 0 nitrogen and oxygen atoms in total. The molecule has 0 saturated heterocycles. The van der Waals surface area contributed by atoms with Gasteiger partial charge in [-0.25, -0.2) is 0 Å². The molecule has 0 amide bonds. The maximum Gasteiger partial charge on any atom is 0.00724 e. The first-order valence-electron chi connectivity index (χ1n) is 3.67. The molecule has 1 aromatic rings. The van der Waals surface area contributed by atoms with E-state index in [0.717, 1.165) is 4.91 Å². The highest BCUT2D eigenvalue weighted by molar-refractivity contribution is 7.90. The second-order valence-electron chi connectivity index (χ2n) is 2.49. The SMILES string of the molecule is C/C=C(/S)c1ccccc1C. The molecule has 0 bridgehead atoms. The van der Waals surface area contributed by atoms with E-state index in [0.29, 0.717) is 0 Å². The Balaban J connectivity index is 3.14. The molecule has 0 spiro atoms. The lowest BCUT2D eigenvalue weighted by molar-refractivity contribution is 1.44. The first-order chi connectivity index (χ1) is 5.25.